The molecule has 2 N–H and O–H groups in total. The number of nitrogens with zero attached hydrogens (tertiary/aromatic N) is 1. The first-order valence-corrected chi connectivity index (χ1v) is 8.15. The Morgan fingerprint density at radius 1 is 1.29 bits per heavy atom. The van der Waals surface area contributed by atoms with Gasteiger partial charge < -0.3 is 15.3 Å². The summed E-state index contributed by atoms with van der Waals surface area (Å²) in [6, 6.07) is -0.173. The summed E-state index contributed by atoms with van der Waals surface area (Å²) in [5.74, 6) is -0.950. The van der Waals surface area contributed by atoms with E-state index in [4.69, 9.17) is 5.11 Å². The molecule has 2 aliphatic heterocycles. The fourth-order valence-electron chi connectivity index (χ4n) is 2.64. The lowest BCUT2D eigenvalue weighted by molar-refractivity contribution is -0.132. The predicted octanol–water partition coefficient (Wildman–Crippen LogP) is 2.24. The first kappa shape index (κ1) is 19.7. The highest BCUT2D eigenvalue weighted by Gasteiger charge is 2.22. The molecule has 0 aromatic heterocycles. The van der Waals surface area contributed by atoms with Crippen molar-refractivity contribution in [2.24, 2.45) is 5.92 Å². The van der Waals surface area contributed by atoms with Crippen molar-refractivity contribution in [2.45, 2.75) is 45.1 Å². The Bertz CT molecular complexity index is 539. The van der Waals surface area contributed by atoms with Gasteiger partial charge in [0.2, 0.25) is 11.8 Å². The van der Waals surface area contributed by atoms with Crippen LogP contribution in [-0.4, -0.2) is 40.4 Å². The van der Waals surface area contributed by atoms with Gasteiger partial charge >= 0.3 is 5.97 Å². The molecule has 0 aromatic carbocycles. The summed E-state index contributed by atoms with van der Waals surface area (Å²) in [4.78, 5) is 34.6. The topological polar surface area (TPSA) is 86.7 Å². The minimum absolute atomic E-state index is 0.0630. The van der Waals surface area contributed by atoms with Crippen molar-refractivity contribution >= 4 is 17.8 Å². The summed E-state index contributed by atoms with van der Waals surface area (Å²) >= 11 is 0. The molecule has 0 bridgehead atoms. The van der Waals surface area contributed by atoms with E-state index in [0.717, 1.165) is 32.2 Å². The van der Waals surface area contributed by atoms with Crippen LogP contribution < -0.4 is 5.32 Å². The molecule has 2 aliphatic rings. The summed E-state index contributed by atoms with van der Waals surface area (Å²) in [6.45, 7) is 9.51. The van der Waals surface area contributed by atoms with Crippen LogP contribution in [-0.2, 0) is 14.4 Å². The number of hydrogen-bond acceptors (Lipinski definition) is 3. The predicted molar refractivity (Wildman–Crippen MR) is 92.0 cm³/mol. The van der Waals surface area contributed by atoms with Gasteiger partial charge in [-0.15, -0.1) is 6.58 Å². The third-order valence-corrected chi connectivity index (χ3v) is 4.10. The fourth-order valence-corrected chi connectivity index (χ4v) is 2.64. The van der Waals surface area contributed by atoms with Crippen LogP contribution in [0.1, 0.15) is 39.0 Å². The molecule has 2 atom stereocenters. The largest absolute Gasteiger partial charge is 0.478 e. The average Bonchev–Trinajstić information content (AvgIpc) is 2.87. The number of likely N-dealkylation sites (tertiary alicyclic amines) is 1. The lowest BCUT2D eigenvalue weighted by Crippen LogP contribution is -2.35. The number of carbonyl (C=O) groups excluding carboxylic acids is 2. The van der Waals surface area contributed by atoms with Crippen molar-refractivity contribution < 1.29 is 19.5 Å². The SMILES string of the molecule is C=CC1CCCC(C=C(C)C(=O)O)NC1=O.C=CN1CCCC1=O. The fraction of sp³-hybridized carbons (Fsp3) is 0.500. The Kier molecular flexibility index (Phi) is 7.95. The number of carboxylic acids is 1. The lowest BCUT2D eigenvalue weighted by atomic mass is 10.0. The van der Waals surface area contributed by atoms with Crippen molar-refractivity contribution in [1.82, 2.24) is 10.2 Å². The minimum atomic E-state index is -0.946. The van der Waals surface area contributed by atoms with E-state index in [0.29, 0.717) is 6.42 Å². The average molecular weight is 334 g/mol. The highest BCUT2D eigenvalue weighted by Crippen LogP contribution is 2.17. The zero-order valence-electron chi connectivity index (χ0n) is 14.2. The molecule has 2 saturated heterocycles. The molecule has 0 aromatic rings. The Hall–Kier alpha value is -2.37. The standard InChI is InChI=1S/C12H17NO3.C6H9NO/c1-3-9-5-4-6-10(13-11(9)14)7-8(2)12(15)16;1-2-7-5-3-4-6(7)8/h3,7,9-10H,1,4-6H2,2H3,(H,13,14)(H,15,16);2H,1,3-5H2. The number of nitrogens with one attached hydrogen (secondary N) is 1. The molecule has 0 radical (unpaired) electrons. The summed E-state index contributed by atoms with van der Waals surface area (Å²) < 4.78 is 0. The quantitative estimate of drug-likeness (QED) is 0.610. The summed E-state index contributed by atoms with van der Waals surface area (Å²) in [7, 11) is 0. The maximum atomic E-state index is 11.6. The van der Waals surface area contributed by atoms with Gasteiger partial charge in [0.1, 0.15) is 0 Å². The van der Waals surface area contributed by atoms with Gasteiger partial charge in [0.25, 0.3) is 0 Å². The summed E-state index contributed by atoms with van der Waals surface area (Å²) in [5.41, 5.74) is 0.266. The Morgan fingerprint density at radius 2 is 2.00 bits per heavy atom. The zero-order chi connectivity index (χ0) is 18.1. The van der Waals surface area contributed by atoms with Crippen molar-refractivity contribution in [3.05, 3.63) is 37.1 Å². The van der Waals surface area contributed by atoms with Crippen LogP contribution in [0.3, 0.4) is 0 Å². The number of carboxylic acid groups (broad SMARTS) is 1. The molecule has 2 unspecified atom stereocenters. The van der Waals surface area contributed by atoms with E-state index in [1.54, 1.807) is 23.3 Å². The van der Waals surface area contributed by atoms with Crippen molar-refractivity contribution in [1.29, 1.82) is 0 Å². The Labute approximate surface area is 142 Å². The van der Waals surface area contributed by atoms with Crippen molar-refractivity contribution in [3.8, 4) is 0 Å². The molecule has 0 spiro atoms. The van der Waals surface area contributed by atoms with Crippen LogP contribution in [0.2, 0.25) is 0 Å². The number of rotatable bonds is 4. The van der Waals surface area contributed by atoms with E-state index in [1.807, 2.05) is 0 Å². The molecule has 6 heteroatoms. The van der Waals surface area contributed by atoms with Gasteiger partial charge in [-0.3, -0.25) is 9.59 Å². The lowest BCUT2D eigenvalue weighted by Gasteiger charge is -2.12. The van der Waals surface area contributed by atoms with Crippen molar-refractivity contribution in [3.63, 3.8) is 0 Å². The van der Waals surface area contributed by atoms with Gasteiger partial charge in [-0.1, -0.05) is 18.7 Å². The highest BCUT2D eigenvalue weighted by atomic mass is 16.4. The molecular formula is C18H26N2O4. The third kappa shape index (κ3) is 6.02. The molecule has 0 saturated carbocycles. The van der Waals surface area contributed by atoms with E-state index in [1.165, 1.54) is 6.92 Å². The number of hydrogen-bond donors (Lipinski definition) is 2. The number of amides is 2. The second-order valence-electron chi connectivity index (χ2n) is 5.92. The minimum Gasteiger partial charge on any atom is -0.478 e. The van der Waals surface area contributed by atoms with E-state index < -0.39 is 5.97 Å². The maximum Gasteiger partial charge on any atom is 0.331 e. The third-order valence-electron chi connectivity index (χ3n) is 4.10. The van der Waals surface area contributed by atoms with Crippen molar-refractivity contribution in [2.75, 3.05) is 6.54 Å². The number of aliphatic carboxylic acids is 1. The molecule has 2 fully saturated rings. The van der Waals surface area contributed by atoms with Gasteiger partial charge in [-0.2, -0.15) is 0 Å². The maximum absolute atomic E-state index is 11.6. The first-order valence-electron chi connectivity index (χ1n) is 8.15. The van der Waals surface area contributed by atoms with Crippen LogP contribution in [0.25, 0.3) is 0 Å². The molecule has 2 rings (SSSR count). The van der Waals surface area contributed by atoms with Gasteiger partial charge in [-0.25, -0.2) is 4.79 Å². The summed E-state index contributed by atoms with van der Waals surface area (Å²) in [6.07, 6.45) is 8.99. The molecule has 2 amide bonds. The van der Waals surface area contributed by atoms with E-state index in [2.05, 4.69) is 18.5 Å². The van der Waals surface area contributed by atoms with Crippen LogP contribution >= 0.6 is 0 Å². The second kappa shape index (κ2) is 9.70. The smallest absolute Gasteiger partial charge is 0.331 e. The Balaban J connectivity index is 0.000000300. The van der Waals surface area contributed by atoms with E-state index in [9.17, 15) is 14.4 Å². The van der Waals surface area contributed by atoms with Crippen LogP contribution in [0.5, 0.6) is 0 Å². The summed E-state index contributed by atoms with van der Waals surface area (Å²) in [5, 5.41) is 11.6. The van der Waals surface area contributed by atoms with Crippen LogP contribution in [0.15, 0.2) is 37.1 Å². The molecule has 6 nitrogen and oxygen atoms in total. The molecular weight excluding hydrogens is 308 g/mol. The van der Waals surface area contributed by atoms with E-state index >= 15 is 0 Å². The molecule has 2 heterocycles. The first-order chi connectivity index (χ1) is 11.4. The molecule has 24 heavy (non-hydrogen) atoms. The normalized spacial score (nSPS) is 24.4. The number of carbonyl (C=O) groups is 3. The van der Waals surface area contributed by atoms with E-state index in [-0.39, 0.29) is 29.3 Å². The van der Waals surface area contributed by atoms with Crippen LogP contribution in [0, 0.1) is 5.92 Å². The zero-order valence-corrected chi connectivity index (χ0v) is 14.2. The molecule has 0 aliphatic carbocycles. The Morgan fingerprint density at radius 3 is 2.46 bits per heavy atom. The van der Waals surface area contributed by atoms with Gasteiger partial charge in [0.15, 0.2) is 0 Å². The monoisotopic (exact) mass is 334 g/mol. The van der Waals surface area contributed by atoms with Gasteiger partial charge in [0, 0.05) is 24.6 Å². The molecule has 132 valence electrons. The second-order valence-corrected chi connectivity index (χ2v) is 5.92. The highest BCUT2D eigenvalue weighted by molar-refractivity contribution is 5.86. The van der Waals surface area contributed by atoms with Gasteiger partial charge in [-0.05, 0) is 38.8 Å². The van der Waals surface area contributed by atoms with Gasteiger partial charge in [0.05, 0.1) is 5.92 Å². The van der Waals surface area contributed by atoms with Crippen LogP contribution in [0.4, 0.5) is 0 Å².